The van der Waals surface area contributed by atoms with Crippen LogP contribution in [0, 0.1) is 0 Å². The maximum atomic E-state index is 6.66. The van der Waals surface area contributed by atoms with Crippen LogP contribution in [-0.4, -0.2) is 15.0 Å². The number of aromatic nitrogens is 3. The van der Waals surface area contributed by atoms with Gasteiger partial charge in [-0.25, -0.2) is 15.0 Å². The molecule has 0 unspecified atom stereocenters. The normalized spacial score (nSPS) is 11.7. The van der Waals surface area contributed by atoms with E-state index in [1.165, 1.54) is 0 Å². The maximum Gasteiger partial charge on any atom is 0.167 e. The summed E-state index contributed by atoms with van der Waals surface area (Å²) in [5.74, 6) is 1.69. The highest BCUT2D eigenvalue weighted by Gasteiger charge is 2.22. The van der Waals surface area contributed by atoms with Crippen molar-refractivity contribution >= 4 is 54.6 Å². The van der Waals surface area contributed by atoms with E-state index in [0.717, 1.165) is 93.6 Å². The van der Waals surface area contributed by atoms with Gasteiger partial charge < -0.3 is 8.83 Å². The van der Waals surface area contributed by atoms with Crippen LogP contribution in [-0.2, 0) is 0 Å². The summed E-state index contributed by atoms with van der Waals surface area (Å²) in [6.07, 6.45) is 0. The van der Waals surface area contributed by atoms with E-state index in [2.05, 4.69) is 127 Å². The molecule has 11 aromatic rings. The van der Waals surface area contributed by atoms with Gasteiger partial charge in [0, 0.05) is 38.1 Å². The zero-order valence-corrected chi connectivity index (χ0v) is 28.9. The van der Waals surface area contributed by atoms with Gasteiger partial charge in [0.15, 0.2) is 17.5 Å². The van der Waals surface area contributed by atoms with Crippen LogP contribution in [0.1, 0.15) is 0 Å². The Morgan fingerprint density at radius 2 is 0.815 bits per heavy atom. The summed E-state index contributed by atoms with van der Waals surface area (Å²) in [6, 6.07) is 60.3. The van der Waals surface area contributed by atoms with Crippen LogP contribution in [0.4, 0.5) is 0 Å². The first-order valence-electron chi connectivity index (χ1n) is 18.0. The summed E-state index contributed by atoms with van der Waals surface area (Å²) in [7, 11) is 0. The minimum absolute atomic E-state index is 0.540. The molecule has 5 heteroatoms. The average Bonchev–Trinajstić information content (AvgIpc) is 3.83. The van der Waals surface area contributed by atoms with Crippen molar-refractivity contribution in [1.29, 1.82) is 0 Å². The first kappa shape index (κ1) is 30.3. The molecule has 3 aromatic heterocycles. The van der Waals surface area contributed by atoms with Crippen molar-refractivity contribution in [2.75, 3.05) is 0 Å². The van der Waals surface area contributed by atoms with Crippen molar-refractivity contribution in [2.45, 2.75) is 0 Å². The Bertz CT molecular complexity index is 3200. The largest absolute Gasteiger partial charge is 0.455 e. The lowest BCUT2D eigenvalue weighted by Gasteiger charge is -2.12. The van der Waals surface area contributed by atoms with Crippen molar-refractivity contribution in [3.8, 4) is 56.4 Å². The number of para-hydroxylation sites is 2. The molecular weight excluding hydrogens is 663 g/mol. The number of nitrogens with zero attached hydrogens (tertiary/aromatic N) is 3. The van der Waals surface area contributed by atoms with Crippen LogP contribution in [0.2, 0.25) is 0 Å². The Morgan fingerprint density at radius 1 is 0.296 bits per heavy atom. The second-order valence-corrected chi connectivity index (χ2v) is 13.5. The molecule has 0 fully saturated rings. The average molecular weight is 692 g/mol. The lowest BCUT2D eigenvalue weighted by molar-refractivity contribution is 0.669. The van der Waals surface area contributed by atoms with E-state index >= 15 is 0 Å². The molecule has 8 aromatic carbocycles. The second kappa shape index (κ2) is 12.1. The minimum atomic E-state index is 0.540. The molecule has 0 aliphatic rings. The van der Waals surface area contributed by atoms with Crippen molar-refractivity contribution in [3.05, 3.63) is 176 Å². The van der Waals surface area contributed by atoms with Crippen molar-refractivity contribution in [2.24, 2.45) is 0 Å². The topological polar surface area (TPSA) is 65.0 Å². The van der Waals surface area contributed by atoms with E-state index in [9.17, 15) is 0 Å². The van der Waals surface area contributed by atoms with Gasteiger partial charge in [-0.1, -0.05) is 152 Å². The Kier molecular flexibility index (Phi) is 6.79. The highest BCUT2D eigenvalue weighted by molar-refractivity contribution is 6.22. The van der Waals surface area contributed by atoms with E-state index in [-0.39, 0.29) is 0 Å². The Balaban J connectivity index is 1.19. The summed E-state index contributed by atoms with van der Waals surface area (Å²) in [6.45, 7) is 0. The minimum Gasteiger partial charge on any atom is -0.455 e. The highest BCUT2D eigenvalue weighted by atomic mass is 16.3. The first-order chi connectivity index (χ1) is 26.8. The monoisotopic (exact) mass is 691 g/mol. The van der Waals surface area contributed by atoms with Gasteiger partial charge in [0.2, 0.25) is 0 Å². The number of benzene rings is 8. The van der Waals surface area contributed by atoms with Crippen LogP contribution < -0.4 is 0 Å². The van der Waals surface area contributed by atoms with Gasteiger partial charge >= 0.3 is 0 Å². The number of hydrogen-bond acceptors (Lipinski definition) is 5. The molecule has 0 saturated heterocycles. The Labute approximate surface area is 309 Å². The van der Waals surface area contributed by atoms with Crippen LogP contribution in [0.25, 0.3) is 111 Å². The van der Waals surface area contributed by atoms with E-state index in [1.807, 2.05) is 48.5 Å². The molecule has 0 spiro atoms. The lowest BCUT2D eigenvalue weighted by Crippen LogP contribution is -2.01. The van der Waals surface area contributed by atoms with E-state index < -0.39 is 0 Å². The molecule has 0 radical (unpaired) electrons. The molecule has 0 saturated carbocycles. The SMILES string of the molecule is c1ccc(-c2ccc(-c3nc(-c4cc5c(oc6cccc(-c7ccccc7)c65)c5ccccc45)nc(-c4cccc5c4oc4ccccc45)n3)cc2)cc1. The molecule has 0 N–H and O–H groups in total. The zero-order valence-electron chi connectivity index (χ0n) is 28.9. The third-order valence-electron chi connectivity index (χ3n) is 10.4. The molecule has 0 aliphatic carbocycles. The predicted octanol–water partition coefficient (Wildman–Crippen LogP) is 13.2. The van der Waals surface area contributed by atoms with Gasteiger partial charge in [-0.05, 0) is 51.9 Å². The number of rotatable bonds is 5. The summed E-state index contributed by atoms with van der Waals surface area (Å²) < 4.78 is 13.2. The molecule has 0 aliphatic heterocycles. The van der Waals surface area contributed by atoms with Crippen LogP contribution in [0.3, 0.4) is 0 Å². The zero-order chi connectivity index (χ0) is 35.6. The van der Waals surface area contributed by atoms with Crippen molar-refractivity contribution in [1.82, 2.24) is 15.0 Å². The molecule has 0 atom stereocenters. The third-order valence-corrected chi connectivity index (χ3v) is 10.4. The quantitative estimate of drug-likeness (QED) is 0.180. The fourth-order valence-corrected chi connectivity index (χ4v) is 7.80. The molecule has 0 amide bonds. The van der Waals surface area contributed by atoms with Crippen molar-refractivity contribution in [3.63, 3.8) is 0 Å². The Hall–Kier alpha value is -7.37. The number of fused-ring (bicyclic) bond motifs is 8. The summed E-state index contributed by atoms with van der Waals surface area (Å²) in [4.78, 5) is 15.7. The van der Waals surface area contributed by atoms with E-state index in [1.54, 1.807) is 0 Å². The smallest absolute Gasteiger partial charge is 0.167 e. The molecule has 252 valence electrons. The Morgan fingerprint density at radius 3 is 1.61 bits per heavy atom. The van der Waals surface area contributed by atoms with Gasteiger partial charge in [0.05, 0.1) is 5.56 Å². The van der Waals surface area contributed by atoms with E-state index in [4.69, 9.17) is 23.8 Å². The summed E-state index contributed by atoms with van der Waals surface area (Å²) in [5, 5.41) is 6.13. The second-order valence-electron chi connectivity index (χ2n) is 13.5. The number of furan rings is 2. The molecule has 0 bridgehead atoms. The fraction of sp³-hybridized carbons (Fsp3) is 0. The van der Waals surface area contributed by atoms with Gasteiger partial charge in [-0.3, -0.25) is 0 Å². The molecule has 5 nitrogen and oxygen atoms in total. The fourth-order valence-electron chi connectivity index (χ4n) is 7.80. The predicted molar refractivity (Wildman–Crippen MR) is 219 cm³/mol. The molecule has 54 heavy (non-hydrogen) atoms. The van der Waals surface area contributed by atoms with Crippen LogP contribution in [0.5, 0.6) is 0 Å². The van der Waals surface area contributed by atoms with Crippen LogP contribution in [0.15, 0.2) is 185 Å². The van der Waals surface area contributed by atoms with Gasteiger partial charge in [0.25, 0.3) is 0 Å². The molecule has 11 rings (SSSR count). The lowest BCUT2D eigenvalue weighted by atomic mass is 9.96. The van der Waals surface area contributed by atoms with Crippen LogP contribution >= 0.6 is 0 Å². The molecular formula is C49H29N3O2. The summed E-state index contributed by atoms with van der Waals surface area (Å²) in [5.41, 5.74) is 10.3. The van der Waals surface area contributed by atoms with E-state index in [0.29, 0.717) is 17.5 Å². The molecule has 3 heterocycles. The number of hydrogen-bond donors (Lipinski definition) is 0. The third kappa shape index (κ3) is 4.83. The standard InChI is InChI=1S/C49H29N3O2/c1-3-13-30(14-4-1)31-25-27-33(28-26-31)47-50-48(39-22-11-21-38-36-18-9-10-23-42(36)53-45(38)39)52-49(51-47)40-29-41-44-34(32-15-5-2-6-16-32)20-12-24-43(44)54-46(41)37-19-8-7-17-35(37)40/h1-29H. The van der Waals surface area contributed by atoms with Gasteiger partial charge in [-0.15, -0.1) is 0 Å². The maximum absolute atomic E-state index is 6.66. The van der Waals surface area contributed by atoms with Gasteiger partial charge in [0.1, 0.15) is 22.3 Å². The van der Waals surface area contributed by atoms with Crippen molar-refractivity contribution < 1.29 is 8.83 Å². The summed E-state index contributed by atoms with van der Waals surface area (Å²) >= 11 is 0. The first-order valence-corrected chi connectivity index (χ1v) is 18.0. The van der Waals surface area contributed by atoms with Gasteiger partial charge in [-0.2, -0.15) is 0 Å². The highest BCUT2D eigenvalue weighted by Crippen LogP contribution is 2.43.